The van der Waals surface area contributed by atoms with Gasteiger partial charge in [0.25, 0.3) is 5.91 Å². The monoisotopic (exact) mass is 346 g/mol. The molecule has 6 nitrogen and oxygen atoms in total. The van der Waals surface area contributed by atoms with Gasteiger partial charge < -0.3 is 15.0 Å². The van der Waals surface area contributed by atoms with Crippen molar-refractivity contribution in [2.24, 2.45) is 7.05 Å². The number of rotatable bonds is 5. The van der Waals surface area contributed by atoms with Crippen LogP contribution in [0.1, 0.15) is 22.0 Å². The summed E-state index contributed by atoms with van der Waals surface area (Å²) in [6, 6.07) is 6.92. The zero-order valence-electron chi connectivity index (χ0n) is 13.4. The maximum atomic E-state index is 13.7. The van der Waals surface area contributed by atoms with E-state index in [4.69, 9.17) is 0 Å². The van der Waals surface area contributed by atoms with Crippen LogP contribution in [0, 0.1) is 11.6 Å². The van der Waals surface area contributed by atoms with E-state index in [-0.39, 0.29) is 12.1 Å². The second-order valence-electron chi connectivity index (χ2n) is 5.46. The molecule has 25 heavy (non-hydrogen) atoms. The number of nitrogens with one attached hydrogen (secondary N) is 1. The number of benzene rings is 1. The van der Waals surface area contributed by atoms with Gasteiger partial charge in [0.1, 0.15) is 29.1 Å². The minimum atomic E-state index is -1.50. The summed E-state index contributed by atoms with van der Waals surface area (Å²) in [6.45, 7) is -0.337. The highest BCUT2D eigenvalue weighted by Gasteiger charge is 2.21. The van der Waals surface area contributed by atoms with Gasteiger partial charge in [-0.2, -0.15) is 5.10 Å². The van der Waals surface area contributed by atoms with E-state index < -0.39 is 29.2 Å². The molecular formula is C17H16F2N4O2. The first kappa shape index (κ1) is 16.8. The van der Waals surface area contributed by atoms with Crippen molar-refractivity contribution in [1.82, 2.24) is 19.7 Å². The van der Waals surface area contributed by atoms with E-state index in [1.165, 1.54) is 16.9 Å². The van der Waals surface area contributed by atoms with Crippen LogP contribution >= 0.6 is 0 Å². The molecule has 1 amide bonds. The summed E-state index contributed by atoms with van der Waals surface area (Å²) in [5.74, 6) is -1.70. The number of carbonyl (C=O) groups excluding carboxylic acids is 1. The molecule has 3 aromatic rings. The number of carbonyl (C=O) groups is 1. The number of halogens is 2. The predicted molar refractivity (Wildman–Crippen MR) is 86.2 cm³/mol. The van der Waals surface area contributed by atoms with E-state index in [0.717, 1.165) is 12.1 Å². The van der Waals surface area contributed by atoms with E-state index in [0.29, 0.717) is 5.82 Å². The van der Waals surface area contributed by atoms with Crippen molar-refractivity contribution in [3.63, 3.8) is 0 Å². The van der Waals surface area contributed by atoms with Crippen molar-refractivity contribution >= 4 is 5.91 Å². The molecule has 8 heteroatoms. The summed E-state index contributed by atoms with van der Waals surface area (Å²) >= 11 is 0. The smallest absolute Gasteiger partial charge is 0.256 e. The second kappa shape index (κ2) is 6.86. The van der Waals surface area contributed by atoms with E-state index in [2.05, 4.69) is 10.4 Å². The summed E-state index contributed by atoms with van der Waals surface area (Å²) in [6.07, 6.45) is 3.41. The first-order chi connectivity index (χ1) is 12.0. The normalized spacial score (nSPS) is 12.2. The van der Waals surface area contributed by atoms with Crippen molar-refractivity contribution in [1.29, 1.82) is 0 Å². The third-order valence-electron chi connectivity index (χ3n) is 3.79. The molecule has 3 rings (SSSR count). The lowest BCUT2D eigenvalue weighted by molar-refractivity contribution is 0.0911. The highest BCUT2D eigenvalue weighted by Crippen LogP contribution is 2.20. The summed E-state index contributed by atoms with van der Waals surface area (Å²) in [5, 5.41) is 16.6. The Morgan fingerprint density at radius 2 is 1.88 bits per heavy atom. The van der Waals surface area contributed by atoms with Gasteiger partial charge in [0.15, 0.2) is 0 Å². The van der Waals surface area contributed by atoms with Crippen molar-refractivity contribution in [3.05, 3.63) is 71.7 Å². The van der Waals surface area contributed by atoms with Gasteiger partial charge in [-0.15, -0.1) is 0 Å². The predicted octanol–water partition coefficient (Wildman–Crippen LogP) is 1.95. The molecule has 2 heterocycles. The van der Waals surface area contributed by atoms with Gasteiger partial charge in [0.2, 0.25) is 0 Å². The second-order valence-corrected chi connectivity index (χ2v) is 5.46. The Bertz CT molecular complexity index is 870. The average molecular weight is 346 g/mol. The van der Waals surface area contributed by atoms with Crippen molar-refractivity contribution in [3.8, 4) is 5.82 Å². The lowest BCUT2D eigenvalue weighted by Gasteiger charge is -2.14. The van der Waals surface area contributed by atoms with Crippen LogP contribution in [-0.4, -0.2) is 31.9 Å². The third-order valence-corrected chi connectivity index (χ3v) is 3.79. The number of hydrogen-bond acceptors (Lipinski definition) is 3. The first-order valence-electron chi connectivity index (χ1n) is 7.54. The van der Waals surface area contributed by atoms with Crippen molar-refractivity contribution in [2.45, 2.75) is 6.10 Å². The molecule has 1 aromatic carbocycles. The summed E-state index contributed by atoms with van der Waals surface area (Å²) in [5.41, 5.74) is -0.195. The van der Waals surface area contributed by atoms with Gasteiger partial charge in [0.05, 0.1) is 11.8 Å². The Morgan fingerprint density at radius 3 is 2.52 bits per heavy atom. The maximum Gasteiger partial charge on any atom is 0.256 e. The number of hydrogen-bond donors (Lipinski definition) is 2. The zero-order valence-corrected chi connectivity index (χ0v) is 13.4. The van der Waals surface area contributed by atoms with Gasteiger partial charge >= 0.3 is 0 Å². The van der Waals surface area contributed by atoms with Gasteiger partial charge in [0, 0.05) is 26.0 Å². The van der Waals surface area contributed by atoms with Crippen LogP contribution in [0.2, 0.25) is 0 Å². The SMILES string of the molecule is Cn1ncc(C(=O)NCC(O)c2c(F)cccc2F)c1-n1cccc1. The molecule has 0 bridgehead atoms. The number of nitrogens with zero attached hydrogens (tertiary/aromatic N) is 3. The van der Waals surface area contributed by atoms with E-state index in [1.54, 1.807) is 36.1 Å². The summed E-state index contributed by atoms with van der Waals surface area (Å²) in [4.78, 5) is 12.4. The molecular weight excluding hydrogens is 330 g/mol. The molecule has 2 aromatic heterocycles. The fourth-order valence-corrected chi connectivity index (χ4v) is 2.59. The minimum Gasteiger partial charge on any atom is -0.386 e. The summed E-state index contributed by atoms with van der Waals surface area (Å²) < 4.78 is 30.6. The summed E-state index contributed by atoms with van der Waals surface area (Å²) in [7, 11) is 1.69. The zero-order chi connectivity index (χ0) is 18.0. The number of aryl methyl sites for hydroxylation is 1. The number of aromatic nitrogens is 3. The largest absolute Gasteiger partial charge is 0.386 e. The maximum absolute atomic E-state index is 13.7. The van der Waals surface area contributed by atoms with Crippen LogP contribution in [0.3, 0.4) is 0 Å². The lowest BCUT2D eigenvalue weighted by Crippen LogP contribution is -2.29. The number of amides is 1. The molecule has 0 saturated heterocycles. The quantitative estimate of drug-likeness (QED) is 0.742. The van der Waals surface area contributed by atoms with Crippen LogP contribution in [0.25, 0.3) is 5.82 Å². The fourth-order valence-electron chi connectivity index (χ4n) is 2.59. The topological polar surface area (TPSA) is 72.1 Å². The first-order valence-corrected chi connectivity index (χ1v) is 7.54. The average Bonchev–Trinajstić information content (AvgIpc) is 3.21. The third kappa shape index (κ3) is 3.29. The molecule has 0 fully saturated rings. The van der Waals surface area contributed by atoms with Crippen LogP contribution in [-0.2, 0) is 7.05 Å². The Kier molecular flexibility index (Phi) is 4.62. The van der Waals surface area contributed by atoms with E-state index >= 15 is 0 Å². The molecule has 0 saturated carbocycles. The van der Waals surface area contributed by atoms with Crippen LogP contribution in [0.4, 0.5) is 8.78 Å². The van der Waals surface area contributed by atoms with Gasteiger partial charge in [-0.1, -0.05) is 6.07 Å². The Hall–Kier alpha value is -3.00. The van der Waals surface area contributed by atoms with E-state index in [1.807, 2.05) is 0 Å². The highest BCUT2D eigenvalue weighted by atomic mass is 19.1. The van der Waals surface area contributed by atoms with Crippen molar-refractivity contribution in [2.75, 3.05) is 6.54 Å². The molecule has 130 valence electrons. The van der Waals surface area contributed by atoms with E-state index in [9.17, 15) is 18.7 Å². The van der Waals surface area contributed by atoms with Crippen LogP contribution in [0.5, 0.6) is 0 Å². The van der Waals surface area contributed by atoms with Crippen LogP contribution < -0.4 is 5.32 Å². The highest BCUT2D eigenvalue weighted by molar-refractivity contribution is 5.97. The Morgan fingerprint density at radius 1 is 1.24 bits per heavy atom. The fraction of sp³-hybridized carbons (Fsp3) is 0.176. The van der Waals surface area contributed by atoms with Crippen molar-refractivity contribution < 1.29 is 18.7 Å². The number of aliphatic hydroxyl groups is 1. The Labute approximate surface area is 142 Å². The molecule has 0 spiro atoms. The number of aliphatic hydroxyl groups excluding tert-OH is 1. The molecule has 1 atom stereocenters. The van der Waals surface area contributed by atoms with Gasteiger partial charge in [-0.05, 0) is 24.3 Å². The molecule has 0 radical (unpaired) electrons. The standard InChI is InChI=1S/C17H16F2N4O2/c1-22-17(23-7-2-3-8-23)11(9-21-22)16(25)20-10-14(24)15-12(18)5-4-6-13(15)19/h2-9,14,24H,10H2,1H3,(H,20,25). The van der Waals surface area contributed by atoms with Gasteiger partial charge in [-0.3, -0.25) is 9.48 Å². The van der Waals surface area contributed by atoms with Gasteiger partial charge in [-0.25, -0.2) is 8.78 Å². The lowest BCUT2D eigenvalue weighted by atomic mass is 10.1. The molecule has 0 aliphatic rings. The van der Waals surface area contributed by atoms with Crippen LogP contribution in [0.15, 0.2) is 48.9 Å². The molecule has 1 unspecified atom stereocenters. The molecule has 2 N–H and O–H groups in total. The molecule has 0 aliphatic heterocycles. The molecule has 0 aliphatic carbocycles. The Balaban J connectivity index is 1.76. The minimum absolute atomic E-state index is 0.278.